The molecule has 0 fully saturated rings. The van der Waals surface area contributed by atoms with E-state index in [9.17, 15) is 4.79 Å². The van der Waals surface area contributed by atoms with E-state index in [1.54, 1.807) is 30.5 Å². The summed E-state index contributed by atoms with van der Waals surface area (Å²) >= 11 is 16.7. The maximum atomic E-state index is 11.7. The van der Waals surface area contributed by atoms with Crippen LogP contribution in [0.2, 0.25) is 10.0 Å². The van der Waals surface area contributed by atoms with Gasteiger partial charge in [0.15, 0.2) is 0 Å². The van der Waals surface area contributed by atoms with Crippen LogP contribution in [0.25, 0.3) is 5.69 Å². The summed E-state index contributed by atoms with van der Waals surface area (Å²) in [5.41, 5.74) is 0.701. The highest BCUT2D eigenvalue weighted by Crippen LogP contribution is 2.32. The third-order valence-corrected chi connectivity index (χ3v) is 2.91. The van der Waals surface area contributed by atoms with E-state index >= 15 is 0 Å². The molecule has 2 rings (SSSR count). The van der Waals surface area contributed by atoms with Gasteiger partial charge in [0.1, 0.15) is 0 Å². The molecule has 0 amide bonds. The number of pyridine rings is 1. The van der Waals surface area contributed by atoms with Crippen molar-refractivity contribution in [2.75, 3.05) is 0 Å². The molecule has 0 unspecified atom stereocenters. The largest absolute Gasteiger partial charge is 0.281 e. The Labute approximate surface area is 118 Å². The molecule has 2 aromatic rings. The molecule has 18 heavy (non-hydrogen) atoms. The van der Waals surface area contributed by atoms with Crippen LogP contribution in [0.1, 0.15) is 0 Å². The van der Waals surface area contributed by atoms with Gasteiger partial charge in [-0.2, -0.15) is 4.99 Å². The predicted molar refractivity (Wildman–Crippen MR) is 76.7 cm³/mol. The molecular formula is C12H6Cl2N2OS. The standard InChI is InChI=1S/C12H6Cl2N2OS/c13-9-5-8(15-7-18)6-10(14)12(9)16-4-2-1-3-11(16)17/h1-6H. The minimum atomic E-state index is -0.215. The topological polar surface area (TPSA) is 34.4 Å². The second-order valence-electron chi connectivity index (χ2n) is 3.37. The zero-order valence-corrected chi connectivity index (χ0v) is 11.3. The van der Waals surface area contributed by atoms with E-state index in [1.165, 1.54) is 10.6 Å². The molecule has 0 spiro atoms. The van der Waals surface area contributed by atoms with E-state index in [4.69, 9.17) is 23.2 Å². The molecule has 1 aromatic heterocycles. The minimum absolute atomic E-state index is 0.215. The maximum absolute atomic E-state index is 11.7. The lowest BCUT2D eigenvalue weighted by Crippen LogP contribution is -2.16. The molecule has 90 valence electrons. The van der Waals surface area contributed by atoms with Crippen molar-refractivity contribution in [1.82, 2.24) is 4.57 Å². The molecule has 0 saturated carbocycles. The van der Waals surface area contributed by atoms with Gasteiger partial charge in [0, 0.05) is 12.3 Å². The Bertz CT molecular complexity index is 682. The lowest BCUT2D eigenvalue weighted by atomic mass is 10.2. The second kappa shape index (κ2) is 5.46. The second-order valence-corrected chi connectivity index (χ2v) is 4.37. The van der Waals surface area contributed by atoms with Crippen LogP contribution in [-0.2, 0) is 0 Å². The van der Waals surface area contributed by atoms with Crippen molar-refractivity contribution in [1.29, 1.82) is 0 Å². The highest BCUT2D eigenvalue weighted by Gasteiger charge is 2.10. The highest BCUT2D eigenvalue weighted by molar-refractivity contribution is 7.78. The summed E-state index contributed by atoms with van der Waals surface area (Å²) in [7, 11) is 0. The first-order valence-corrected chi connectivity index (χ1v) is 6.05. The van der Waals surface area contributed by atoms with Gasteiger partial charge in [-0.15, -0.1) is 0 Å². The molecule has 0 N–H and O–H groups in total. The van der Waals surface area contributed by atoms with Crippen LogP contribution in [0.5, 0.6) is 0 Å². The van der Waals surface area contributed by atoms with Crippen LogP contribution in [0.4, 0.5) is 5.69 Å². The monoisotopic (exact) mass is 296 g/mol. The number of isothiocyanates is 1. The van der Waals surface area contributed by atoms with Crippen LogP contribution in [0.3, 0.4) is 0 Å². The number of benzene rings is 1. The van der Waals surface area contributed by atoms with E-state index in [0.29, 0.717) is 21.4 Å². The van der Waals surface area contributed by atoms with Crippen molar-refractivity contribution < 1.29 is 0 Å². The normalized spacial score (nSPS) is 9.89. The third-order valence-electron chi connectivity index (χ3n) is 2.24. The molecule has 0 aliphatic carbocycles. The molecule has 0 aliphatic heterocycles. The quantitative estimate of drug-likeness (QED) is 0.623. The number of hydrogen-bond acceptors (Lipinski definition) is 3. The Hall–Kier alpha value is -1.45. The van der Waals surface area contributed by atoms with E-state index in [-0.39, 0.29) is 5.56 Å². The zero-order chi connectivity index (χ0) is 13.1. The summed E-state index contributed by atoms with van der Waals surface area (Å²) in [5, 5.41) is 2.87. The molecule has 3 nitrogen and oxygen atoms in total. The Morgan fingerprint density at radius 2 is 1.89 bits per heavy atom. The minimum Gasteiger partial charge on any atom is -0.281 e. The van der Waals surface area contributed by atoms with Gasteiger partial charge in [-0.25, -0.2) is 0 Å². The zero-order valence-electron chi connectivity index (χ0n) is 8.93. The van der Waals surface area contributed by atoms with Gasteiger partial charge in [0.05, 0.1) is 26.6 Å². The smallest absolute Gasteiger partial charge is 0.255 e. The van der Waals surface area contributed by atoms with Gasteiger partial charge in [-0.05, 0) is 30.4 Å². The summed E-state index contributed by atoms with van der Waals surface area (Å²) < 4.78 is 1.37. The molecule has 0 saturated heterocycles. The summed E-state index contributed by atoms with van der Waals surface area (Å²) in [6, 6.07) is 7.93. The van der Waals surface area contributed by atoms with Gasteiger partial charge in [-0.3, -0.25) is 9.36 Å². The third kappa shape index (κ3) is 2.52. The van der Waals surface area contributed by atoms with Gasteiger partial charge in [0.2, 0.25) is 0 Å². The average molecular weight is 297 g/mol. The Balaban J connectivity index is 2.70. The van der Waals surface area contributed by atoms with Crippen molar-refractivity contribution in [2.24, 2.45) is 4.99 Å². The van der Waals surface area contributed by atoms with Crippen molar-refractivity contribution >= 4 is 46.3 Å². The molecule has 0 radical (unpaired) electrons. The lowest BCUT2D eigenvalue weighted by molar-refractivity contribution is 0.991. The Kier molecular flexibility index (Phi) is 3.94. The predicted octanol–water partition coefficient (Wildman–Crippen LogP) is 3.88. The molecule has 0 aliphatic rings. The van der Waals surface area contributed by atoms with Gasteiger partial charge < -0.3 is 0 Å². The summed E-state index contributed by atoms with van der Waals surface area (Å²) in [6.45, 7) is 0. The van der Waals surface area contributed by atoms with Crippen LogP contribution in [0.15, 0.2) is 46.3 Å². The van der Waals surface area contributed by atoms with Crippen LogP contribution in [-0.4, -0.2) is 9.73 Å². The first-order chi connectivity index (χ1) is 8.63. The molecule has 1 heterocycles. The van der Waals surface area contributed by atoms with Crippen LogP contribution in [0, 0.1) is 0 Å². The van der Waals surface area contributed by atoms with Crippen molar-refractivity contribution in [3.8, 4) is 5.69 Å². The lowest BCUT2D eigenvalue weighted by Gasteiger charge is -2.10. The molecule has 0 atom stereocenters. The fraction of sp³-hybridized carbons (Fsp3) is 0. The van der Waals surface area contributed by atoms with Crippen molar-refractivity contribution in [3.05, 3.63) is 56.9 Å². The SMILES string of the molecule is O=c1ccccn1-c1c(Cl)cc(N=C=S)cc1Cl. The van der Waals surface area contributed by atoms with E-state index < -0.39 is 0 Å². The van der Waals surface area contributed by atoms with E-state index in [2.05, 4.69) is 22.4 Å². The van der Waals surface area contributed by atoms with Gasteiger partial charge in [-0.1, -0.05) is 29.3 Å². The molecule has 6 heteroatoms. The highest BCUT2D eigenvalue weighted by atomic mass is 35.5. The van der Waals surface area contributed by atoms with Gasteiger partial charge >= 0.3 is 0 Å². The van der Waals surface area contributed by atoms with Crippen molar-refractivity contribution in [3.63, 3.8) is 0 Å². The van der Waals surface area contributed by atoms with E-state index in [1.807, 2.05) is 0 Å². The van der Waals surface area contributed by atoms with Crippen molar-refractivity contribution in [2.45, 2.75) is 0 Å². The van der Waals surface area contributed by atoms with Crippen LogP contribution < -0.4 is 5.56 Å². The molecule has 1 aromatic carbocycles. The van der Waals surface area contributed by atoms with E-state index in [0.717, 1.165) is 0 Å². The van der Waals surface area contributed by atoms with Crippen LogP contribution >= 0.6 is 35.4 Å². The first kappa shape index (κ1) is 13.0. The Morgan fingerprint density at radius 3 is 2.44 bits per heavy atom. The summed E-state index contributed by atoms with van der Waals surface area (Å²) in [5.74, 6) is 0. The fourth-order valence-electron chi connectivity index (χ4n) is 1.51. The average Bonchev–Trinajstić information content (AvgIpc) is 2.31. The summed E-state index contributed by atoms with van der Waals surface area (Å²) in [4.78, 5) is 15.5. The molecule has 0 bridgehead atoms. The number of nitrogens with zero attached hydrogens (tertiary/aromatic N) is 2. The fourth-order valence-corrected chi connectivity index (χ4v) is 2.27. The molecular weight excluding hydrogens is 291 g/mol. The Morgan fingerprint density at radius 1 is 1.22 bits per heavy atom. The number of hydrogen-bond donors (Lipinski definition) is 0. The number of rotatable bonds is 2. The first-order valence-electron chi connectivity index (χ1n) is 4.88. The number of aliphatic imine (C=N–C) groups is 1. The maximum Gasteiger partial charge on any atom is 0.255 e. The number of halogens is 2. The van der Waals surface area contributed by atoms with Gasteiger partial charge in [0.25, 0.3) is 5.56 Å². The number of thiocarbonyl (C=S) groups is 1. The summed E-state index contributed by atoms with van der Waals surface area (Å²) in [6.07, 6.45) is 1.59. The number of aromatic nitrogens is 1.